The molecule has 0 radical (unpaired) electrons. The Balaban J connectivity index is 1.51. The Bertz CT molecular complexity index is 812. The van der Waals surface area contributed by atoms with Crippen LogP contribution in [0, 0.1) is 0 Å². The number of hydroxylamine groups is 1. The van der Waals surface area contributed by atoms with Gasteiger partial charge >= 0.3 is 0 Å². The van der Waals surface area contributed by atoms with Crippen LogP contribution in [-0.4, -0.2) is 31.7 Å². The van der Waals surface area contributed by atoms with Crippen LogP contribution in [0.1, 0.15) is 23.3 Å². The molecule has 0 bridgehead atoms. The molecule has 1 saturated heterocycles. The Morgan fingerprint density at radius 2 is 1.84 bits per heavy atom. The first-order valence-corrected chi connectivity index (χ1v) is 10.3. The van der Waals surface area contributed by atoms with Gasteiger partial charge < -0.3 is 0 Å². The third-order valence-corrected chi connectivity index (χ3v) is 7.35. The van der Waals surface area contributed by atoms with Gasteiger partial charge in [-0.3, -0.25) is 9.63 Å². The van der Waals surface area contributed by atoms with Gasteiger partial charge in [-0.25, -0.2) is 13.9 Å². The summed E-state index contributed by atoms with van der Waals surface area (Å²) in [5, 5.41) is 0. The lowest BCUT2D eigenvalue weighted by atomic mass is 10.2. The van der Waals surface area contributed by atoms with Crippen molar-refractivity contribution in [1.29, 1.82) is 0 Å². The van der Waals surface area contributed by atoms with Crippen LogP contribution in [-0.2, 0) is 32.7 Å². The highest BCUT2D eigenvalue weighted by Crippen LogP contribution is 2.27. The lowest BCUT2D eigenvalue weighted by molar-refractivity contribution is -0.133. The molecule has 0 atom stereocenters. The Hall–Kier alpha value is -1.74. The fraction of sp³-hybridized carbons (Fsp3) is 0.353. The minimum atomic E-state index is -3.42. The molecular weight excluding hydrogens is 360 g/mol. The van der Waals surface area contributed by atoms with Crippen molar-refractivity contribution in [2.24, 2.45) is 0 Å². The van der Waals surface area contributed by atoms with Crippen molar-refractivity contribution in [3.05, 3.63) is 52.9 Å². The zero-order valence-corrected chi connectivity index (χ0v) is 15.3. The molecule has 0 aliphatic carbocycles. The molecule has 1 aromatic heterocycles. The number of nitrogens with one attached hydrogen (secondary N) is 1. The summed E-state index contributed by atoms with van der Waals surface area (Å²) >= 11 is 1.14. The van der Waals surface area contributed by atoms with Crippen LogP contribution in [0.25, 0.3) is 0 Å². The molecule has 3 rings (SSSR count). The third-order valence-electron chi connectivity index (χ3n) is 3.90. The number of nitrogens with zero attached hydrogens (tertiary/aromatic N) is 1. The SMILES string of the molecule is O=C(Cc1ccc(S(=O)(=O)N2CCCC2)s1)NOCc1ccccc1. The Kier molecular flexibility index (Phi) is 5.85. The topological polar surface area (TPSA) is 75.7 Å². The van der Waals surface area contributed by atoms with E-state index in [9.17, 15) is 13.2 Å². The highest BCUT2D eigenvalue weighted by Gasteiger charge is 2.28. The van der Waals surface area contributed by atoms with E-state index in [2.05, 4.69) is 5.48 Å². The van der Waals surface area contributed by atoms with E-state index in [1.54, 1.807) is 12.1 Å². The molecule has 6 nitrogen and oxygen atoms in total. The first-order chi connectivity index (χ1) is 12.1. The Labute approximate surface area is 151 Å². The van der Waals surface area contributed by atoms with E-state index >= 15 is 0 Å². The monoisotopic (exact) mass is 380 g/mol. The molecular formula is C17H20N2O4S2. The minimum absolute atomic E-state index is 0.0922. The number of carbonyl (C=O) groups excluding carboxylic acids is 1. The smallest absolute Gasteiger partial charge is 0.252 e. The predicted molar refractivity (Wildman–Crippen MR) is 95.4 cm³/mol. The number of sulfonamides is 1. The number of rotatable bonds is 7. The second-order valence-electron chi connectivity index (χ2n) is 5.81. The van der Waals surface area contributed by atoms with Crippen molar-refractivity contribution >= 4 is 27.3 Å². The van der Waals surface area contributed by atoms with Gasteiger partial charge in [0.2, 0.25) is 5.91 Å². The summed E-state index contributed by atoms with van der Waals surface area (Å²) in [6, 6.07) is 12.8. The Morgan fingerprint density at radius 3 is 2.56 bits per heavy atom. The van der Waals surface area contributed by atoms with Gasteiger partial charge in [0, 0.05) is 18.0 Å². The number of hydrogen-bond donors (Lipinski definition) is 1. The van der Waals surface area contributed by atoms with Crippen molar-refractivity contribution in [1.82, 2.24) is 9.79 Å². The van der Waals surface area contributed by atoms with Crippen molar-refractivity contribution in [3.63, 3.8) is 0 Å². The summed E-state index contributed by atoms with van der Waals surface area (Å²) in [5.41, 5.74) is 3.35. The van der Waals surface area contributed by atoms with Crippen LogP contribution in [0.5, 0.6) is 0 Å². The van der Waals surface area contributed by atoms with Gasteiger partial charge in [-0.05, 0) is 30.5 Å². The molecule has 1 aliphatic rings. The quantitative estimate of drug-likeness (QED) is 0.748. The number of thiophene rings is 1. The molecule has 0 saturated carbocycles. The molecule has 2 heterocycles. The van der Waals surface area contributed by atoms with E-state index in [-0.39, 0.29) is 18.9 Å². The highest BCUT2D eigenvalue weighted by molar-refractivity contribution is 7.91. The zero-order chi connectivity index (χ0) is 17.7. The largest absolute Gasteiger partial charge is 0.272 e. The molecule has 1 amide bonds. The molecule has 1 N–H and O–H groups in total. The molecule has 2 aromatic rings. The third kappa shape index (κ3) is 4.66. The van der Waals surface area contributed by atoms with Crippen LogP contribution in [0.4, 0.5) is 0 Å². The van der Waals surface area contributed by atoms with E-state index in [1.807, 2.05) is 30.3 Å². The molecule has 1 aliphatic heterocycles. The average Bonchev–Trinajstić information content (AvgIpc) is 3.28. The highest BCUT2D eigenvalue weighted by atomic mass is 32.2. The summed E-state index contributed by atoms with van der Waals surface area (Å²) in [6.07, 6.45) is 1.90. The molecule has 25 heavy (non-hydrogen) atoms. The number of benzene rings is 1. The van der Waals surface area contributed by atoms with Crippen molar-refractivity contribution in [3.8, 4) is 0 Å². The summed E-state index contributed by atoms with van der Waals surface area (Å²) in [5.74, 6) is -0.303. The molecule has 1 aromatic carbocycles. The van der Waals surface area contributed by atoms with E-state index in [0.717, 1.165) is 29.7 Å². The van der Waals surface area contributed by atoms with Gasteiger partial charge in [0.05, 0.1) is 13.0 Å². The molecule has 8 heteroatoms. The standard InChI is InChI=1S/C17H20N2O4S2/c20-16(18-23-13-14-6-2-1-3-7-14)12-15-8-9-17(24-15)25(21,22)19-10-4-5-11-19/h1-3,6-9H,4-5,10-13H2,(H,18,20). The van der Waals surface area contributed by atoms with Crippen LogP contribution < -0.4 is 5.48 Å². The van der Waals surface area contributed by atoms with E-state index in [4.69, 9.17) is 4.84 Å². The molecule has 1 fully saturated rings. The summed E-state index contributed by atoms with van der Waals surface area (Å²) in [6.45, 7) is 1.43. The second-order valence-corrected chi connectivity index (χ2v) is 9.14. The normalized spacial score (nSPS) is 15.4. The van der Waals surface area contributed by atoms with Crippen LogP contribution >= 0.6 is 11.3 Å². The van der Waals surface area contributed by atoms with Gasteiger partial charge in [0.25, 0.3) is 10.0 Å². The van der Waals surface area contributed by atoms with E-state index in [0.29, 0.717) is 22.2 Å². The maximum absolute atomic E-state index is 12.5. The number of hydrogen-bond acceptors (Lipinski definition) is 5. The number of amides is 1. The average molecular weight is 380 g/mol. The van der Waals surface area contributed by atoms with Crippen LogP contribution in [0.2, 0.25) is 0 Å². The first-order valence-electron chi connectivity index (χ1n) is 8.09. The van der Waals surface area contributed by atoms with Gasteiger partial charge in [0.1, 0.15) is 4.21 Å². The summed E-state index contributed by atoms with van der Waals surface area (Å²) in [7, 11) is -3.42. The fourth-order valence-electron chi connectivity index (χ4n) is 2.62. The van der Waals surface area contributed by atoms with E-state index < -0.39 is 10.0 Å². The van der Waals surface area contributed by atoms with Gasteiger partial charge in [-0.2, -0.15) is 4.31 Å². The van der Waals surface area contributed by atoms with Crippen LogP contribution in [0.3, 0.4) is 0 Å². The van der Waals surface area contributed by atoms with E-state index in [1.165, 1.54) is 4.31 Å². The summed E-state index contributed by atoms with van der Waals surface area (Å²) < 4.78 is 26.7. The maximum atomic E-state index is 12.5. The fourth-order valence-corrected chi connectivity index (χ4v) is 5.64. The second kappa shape index (κ2) is 8.09. The Morgan fingerprint density at radius 1 is 1.12 bits per heavy atom. The minimum Gasteiger partial charge on any atom is -0.272 e. The lowest BCUT2D eigenvalue weighted by Gasteiger charge is -2.13. The maximum Gasteiger partial charge on any atom is 0.252 e. The zero-order valence-electron chi connectivity index (χ0n) is 13.7. The van der Waals surface area contributed by atoms with Gasteiger partial charge in [-0.15, -0.1) is 11.3 Å². The van der Waals surface area contributed by atoms with Gasteiger partial charge in [0.15, 0.2) is 0 Å². The van der Waals surface area contributed by atoms with Crippen molar-refractivity contribution < 1.29 is 18.0 Å². The first kappa shape index (κ1) is 18.1. The van der Waals surface area contributed by atoms with Gasteiger partial charge in [-0.1, -0.05) is 30.3 Å². The predicted octanol–water partition coefficient (Wildman–Crippen LogP) is 2.32. The molecule has 134 valence electrons. The number of carbonyl (C=O) groups is 1. The van der Waals surface area contributed by atoms with Crippen molar-refractivity contribution in [2.45, 2.75) is 30.1 Å². The molecule has 0 unspecified atom stereocenters. The summed E-state index contributed by atoms with van der Waals surface area (Å²) in [4.78, 5) is 17.8. The van der Waals surface area contributed by atoms with Crippen molar-refractivity contribution in [2.75, 3.05) is 13.1 Å². The lowest BCUT2D eigenvalue weighted by Crippen LogP contribution is -2.27. The molecule has 0 spiro atoms. The van der Waals surface area contributed by atoms with Crippen LogP contribution in [0.15, 0.2) is 46.7 Å².